The highest BCUT2D eigenvalue weighted by Gasteiger charge is 2.28. The third-order valence-electron chi connectivity index (χ3n) is 6.46. The normalized spacial score (nSPS) is 12.5. The molecule has 2 aromatic carbocycles. The lowest BCUT2D eigenvalue weighted by molar-refractivity contribution is -0.131. The monoisotopic (exact) mass is 626 g/mol. The van der Waals surface area contributed by atoms with E-state index in [9.17, 15) is 19.2 Å². The van der Waals surface area contributed by atoms with Crippen LogP contribution in [-0.4, -0.2) is 61.4 Å². The van der Waals surface area contributed by atoms with E-state index in [2.05, 4.69) is 35.1 Å². The number of hydrogen-bond acceptors (Lipinski definition) is 7. The number of hydrogen-bond donors (Lipinski definition) is 4. The molecule has 0 aliphatic heterocycles. The highest BCUT2D eigenvalue weighted by Crippen LogP contribution is 2.09. The van der Waals surface area contributed by atoms with Gasteiger partial charge in [-0.25, -0.2) is 9.59 Å². The van der Waals surface area contributed by atoms with Gasteiger partial charge in [0, 0.05) is 13.1 Å². The van der Waals surface area contributed by atoms with Gasteiger partial charge in [0.1, 0.15) is 24.3 Å². The van der Waals surface area contributed by atoms with E-state index in [1.165, 1.54) is 0 Å². The van der Waals surface area contributed by atoms with Crippen LogP contribution in [0.3, 0.4) is 0 Å². The maximum Gasteiger partial charge on any atom is 0.408 e. The summed E-state index contributed by atoms with van der Waals surface area (Å²) in [5.41, 5.74) is 1.03. The summed E-state index contributed by atoms with van der Waals surface area (Å²) in [7, 11) is 0. The molecule has 11 heteroatoms. The van der Waals surface area contributed by atoms with E-state index < -0.39 is 35.8 Å². The molecule has 0 bridgehead atoms. The first kappa shape index (κ1) is 37.1. The fourth-order valence-electron chi connectivity index (χ4n) is 4.09. The van der Waals surface area contributed by atoms with Crippen LogP contribution in [0.1, 0.15) is 71.4 Å². The van der Waals surface area contributed by atoms with Crippen molar-refractivity contribution >= 4 is 24.0 Å². The Morgan fingerprint density at radius 3 is 1.91 bits per heavy atom. The fraction of sp³-hybridized carbons (Fsp3) is 0.529. The van der Waals surface area contributed by atoms with Gasteiger partial charge in [0.05, 0.1) is 13.2 Å². The first-order valence-corrected chi connectivity index (χ1v) is 15.6. The minimum Gasteiger partial charge on any atom is -0.445 e. The Bertz CT molecular complexity index is 1170. The topological polar surface area (TPSA) is 144 Å². The van der Waals surface area contributed by atoms with Gasteiger partial charge < -0.3 is 35.5 Å². The van der Waals surface area contributed by atoms with Crippen LogP contribution in [0, 0.1) is 5.92 Å². The van der Waals surface area contributed by atoms with Crippen molar-refractivity contribution in [2.45, 2.75) is 91.2 Å². The zero-order valence-electron chi connectivity index (χ0n) is 27.2. The van der Waals surface area contributed by atoms with Gasteiger partial charge in [-0.2, -0.15) is 0 Å². The number of carbonyl (C=O) groups excluding carboxylic acids is 4. The molecule has 0 saturated carbocycles. The SMILES string of the molecule is CC(C)CCNC(=O)[C@H](CCCCNC(=O)OCc1ccccc1)NC(=O)[C@H](COCc1ccccc1)NC(=O)OC(C)(C)C. The lowest BCUT2D eigenvalue weighted by atomic mass is 10.1. The molecule has 2 rings (SSSR count). The summed E-state index contributed by atoms with van der Waals surface area (Å²) in [4.78, 5) is 51.2. The van der Waals surface area contributed by atoms with Crippen LogP contribution in [0.15, 0.2) is 60.7 Å². The van der Waals surface area contributed by atoms with Crippen LogP contribution in [-0.2, 0) is 37.0 Å². The summed E-state index contributed by atoms with van der Waals surface area (Å²) in [6.07, 6.45) is 0.916. The second-order valence-corrected chi connectivity index (χ2v) is 12.2. The summed E-state index contributed by atoms with van der Waals surface area (Å²) in [5, 5.41) is 11.0. The smallest absolute Gasteiger partial charge is 0.408 e. The standard InChI is InChI=1S/C34H50N4O7/c1-25(2)19-21-35-30(39)28(18-12-13-20-36-32(41)44-23-27-16-10-7-11-17-27)37-31(40)29(38-33(42)45-34(3,4)5)24-43-22-26-14-8-6-9-15-26/h6-11,14-17,25,28-29H,12-13,18-24H2,1-5H3,(H,35,39)(H,36,41)(H,37,40)(H,38,42)/t28-,29-/m0/s1. The molecule has 2 atom stereocenters. The van der Waals surface area contributed by atoms with Crippen molar-refractivity contribution in [3.63, 3.8) is 0 Å². The lowest BCUT2D eigenvalue weighted by Crippen LogP contribution is -2.55. The van der Waals surface area contributed by atoms with Gasteiger partial charge in [-0.15, -0.1) is 0 Å². The first-order chi connectivity index (χ1) is 21.4. The highest BCUT2D eigenvalue weighted by atomic mass is 16.6. The molecule has 0 spiro atoms. The van der Waals surface area contributed by atoms with Gasteiger partial charge in [-0.3, -0.25) is 9.59 Å². The van der Waals surface area contributed by atoms with Crippen molar-refractivity contribution in [2.24, 2.45) is 5.92 Å². The molecule has 0 aromatic heterocycles. The molecule has 0 aliphatic rings. The second kappa shape index (κ2) is 20.0. The minimum absolute atomic E-state index is 0.128. The minimum atomic E-state index is -1.10. The second-order valence-electron chi connectivity index (χ2n) is 12.2. The van der Waals surface area contributed by atoms with Crippen molar-refractivity contribution in [3.05, 3.63) is 71.8 Å². The van der Waals surface area contributed by atoms with Crippen LogP contribution in [0.2, 0.25) is 0 Å². The van der Waals surface area contributed by atoms with Crippen molar-refractivity contribution in [3.8, 4) is 0 Å². The summed E-state index contributed by atoms with van der Waals surface area (Å²) in [6.45, 7) is 10.4. The van der Waals surface area contributed by atoms with E-state index in [1.807, 2.05) is 60.7 Å². The van der Waals surface area contributed by atoms with Crippen molar-refractivity contribution in [2.75, 3.05) is 19.7 Å². The molecule has 0 heterocycles. The molecule has 4 amide bonds. The molecule has 0 aliphatic carbocycles. The quantitative estimate of drug-likeness (QED) is 0.173. The molecule has 45 heavy (non-hydrogen) atoms. The molecule has 0 radical (unpaired) electrons. The molecule has 11 nitrogen and oxygen atoms in total. The van der Waals surface area contributed by atoms with E-state index in [4.69, 9.17) is 14.2 Å². The van der Waals surface area contributed by atoms with E-state index in [-0.39, 0.29) is 25.7 Å². The van der Waals surface area contributed by atoms with Crippen LogP contribution in [0.5, 0.6) is 0 Å². The van der Waals surface area contributed by atoms with Crippen LogP contribution in [0.25, 0.3) is 0 Å². The molecular weight excluding hydrogens is 576 g/mol. The Morgan fingerprint density at radius 1 is 0.689 bits per heavy atom. The Kier molecular flexibility index (Phi) is 16.5. The third kappa shape index (κ3) is 17.1. The largest absolute Gasteiger partial charge is 0.445 e. The van der Waals surface area contributed by atoms with E-state index in [1.54, 1.807) is 20.8 Å². The number of benzene rings is 2. The van der Waals surface area contributed by atoms with Crippen molar-refractivity contribution in [1.29, 1.82) is 0 Å². The van der Waals surface area contributed by atoms with Gasteiger partial charge in [0.2, 0.25) is 11.8 Å². The average molecular weight is 627 g/mol. The predicted molar refractivity (Wildman–Crippen MR) is 172 cm³/mol. The number of carbonyl (C=O) groups is 4. The van der Waals surface area contributed by atoms with E-state index in [0.29, 0.717) is 38.3 Å². The fourth-order valence-corrected chi connectivity index (χ4v) is 4.09. The van der Waals surface area contributed by atoms with Gasteiger partial charge in [0.25, 0.3) is 0 Å². The lowest BCUT2D eigenvalue weighted by Gasteiger charge is -2.25. The average Bonchev–Trinajstić information content (AvgIpc) is 2.98. The molecule has 2 aromatic rings. The number of unbranched alkanes of at least 4 members (excludes halogenated alkanes) is 1. The molecule has 4 N–H and O–H groups in total. The molecule has 0 saturated heterocycles. The van der Waals surface area contributed by atoms with E-state index in [0.717, 1.165) is 17.5 Å². The van der Waals surface area contributed by atoms with Crippen LogP contribution >= 0.6 is 0 Å². The number of rotatable bonds is 18. The van der Waals surface area contributed by atoms with E-state index >= 15 is 0 Å². The predicted octanol–water partition coefficient (Wildman–Crippen LogP) is 4.84. The Balaban J connectivity index is 1.97. The maximum absolute atomic E-state index is 13.4. The molecule has 0 unspecified atom stereocenters. The summed E-state index contributed by atoms with van der Waals surface area (Å²) in [5.74, 6) is -0.490. The van der Waals surface area contributed by atoms with Gasteiger partial charge >= 0.3 is 12.2 Å². The Hall–Kier alpha value is -4.12. The highest BCUT2D eigenvalue weighted by molar-refractivity contribution is 5.91. The molecule has 248 valence electrons. The zero-order valence-corrected chi connectivity index (χ0v) is 27.2. The summed E-state index contributed by atoms with van der Waals surface area (Å²) in [6, 6.07) is 16.9. The van der Waals surface area contributed by atoms with Gasteiger partial charge in [-0.05, 0) is 63.5 Å². The third-order valence-corrected chi connectivity index (χ3v) is 6.46. The number of amides is 4. The van der Waals surface area contributed by atoms with Crippen molar-refractivity contribution in [1.82, 2.24) is 21.3 Å². The number of alkyl carbamates (subject to hydrolysis) is 2. The number of nitrogens with one attached hydrogen (secondary N) is 4. The van der Waals surface area contributed by atoms with Crippen LogP contribution in [0.4, 0.5) is 9.59 Å². The molecule has 0 fully saturated rings. The van der Waals surface area contributed by atoms with Gasteiger partial charge in [0.15, 0.2) is 0 Å². The van der Waals surface area contributed by atoms with Crippen molar-refractivity contribution < 1.29 is 33.4 Å². The summed E-state index contributed by atoms with van der Waals surface area (Å²) < 4.78 is 16.4. The van der Waals surface area contributed by atoms with Gasteiger partial charge in [-0.1, -0.05) is 74.5 Å². The maximum atomic E-state index is 13.4. The first-order valence-electron chi connectivity index (χ1n) is 15.6. The zero-order chi connectivity index (χ0) is 33.1. The number of ether oxygens (including phenoxy) is 3. The Labute approximate surface area is 267 Å². The van der Waals surface area contributed by atoms with Crippen LogP contribution < -0.4 is 21.3 Å². The molecular formula is C34H50N4O7. The Morgan fingerprint density at radius 2 is 1.31 bits per heavy atom. The summed E-state index contributed by atoms with van der Waals surface area (Å²) >= 11 is 0.